The third-order valence-electron chi connectivity index (χ3n) is 5.20. The molecule has 0 bridgehead atoms. The first-order valence-corrected chi connectivity index (χ1v) is 9.32. The van der Waals surface area contributed by atoms with E-state index in [1.165, 1.54) is 0 Å². The standard InChI is InChI=1S/C20H30O6/c1-12-5-4-6-15(11-22)9-17-19(14(3)20(24)26-17)16(7-12)25-18(23)8-13(2)10-21/h5,9,13-14,16-17,19,21-22H,4,6-8,10-11H2,1-3H3/b12-5-,15-9+/t13-,14+,16+,17-,19-/m1/s1. The number of ether oxygens (including phenoxy) is 2. The molecule has 0 aromatic rings. The van der Waals surface area contributed by atoms with Gasteiger partial charge in [0.1, 0.15) is 12.2 Å². The Bertz CT molecular complexity index is 579. The van der Waals surface area contributed by atoms with Crippen LogP contribution in [0.5, 0.6) is 0 Å². The zero-order valence-electron chi connectivity index (χ0n) is 15.8. The molecule has 1 aliphatic heterocycles. The summed E-state index contributed by atoms with van der Waals surface area (Å²) in [7, 11) is 0. The van der Waals surface area contributed by atoms with Gasteiger partial charge in [-0.15, -0.1) is 0 Å². The van der Waals surface area contributed by atoms with Gasteiger partial charge in [-0.25, -0.2) is 0 Å². The van der Waals surface area contributed by atoms with E-state index in [1.54, 1.807) is 13.8 Å². The van der Waals surface area contributed by atoms with Gasteiger partial charge in [0.25, 0.3) is 0 Å². The molecule has 2 N–H and O–H groups in total. The summed E-state index contributed by atoms with van der Waals surface area (Å²) in [6, 6.07) is 0. The van der Waals surface area contributed by atoms with Crippen molar-refractivity contribution < 1.29 is 29.3 Å². The molecule has 2 aliphatic rings. The second kappa shape index (κ2) is 9.33. The fraction of sp³-hybridized carbons (Fsp3) is 0.700. The zero-order chi connectivity index (χ0) is 19.3. The molecule has 1 aliphatic carbocycles. The molecule has 0 saturated carbocycles. The summed E-state index contributed by atoms with van der Waals surface area (Å²) in [5.41, 5.74) is 1.91. The quantitative estimate of drug-likeness (QED) is 0.572. The molecule has 6 heteroatoms. The first-order valence-electron chi connectivity index (χ1n) is 9.32. The van der Waals surface area contributed by atoms with Crippen LogP contribution in [0.4, 0.5) is 0 Å². The summed E-state index contributed by atoms with van der Waals surface area (Å²) in [6.45, 7) is 5.40. The van der Waals surface area contributed by atoms with Crippen molar-refractivity contribution >= 4 is 11.9 Å². The molecule has 2 rings (SSSR count). The predicted octanol–water partition coefficient (Wildman–Crippen LogP) is 2.14. The van der Waals surface area contributed by atoms with Crippen LogP contribution in [-0.2, 0) is 19.1 Å². The minimum atomic E-state index is -0.501. The second-order valence-electron chi connectivity index (χ2n) is 7.56. The molecular weight excluding hydrogens is 336 g/mol. The summed E-state index contributed by atoms with van der Waals surface area (Å²) in [5, 5.41) is 18.7. The Balaban J connectivity index is 2.29. The predicted molar refractivity (Wildman–Crippen MR) is 96.1 cm³/mol. The largest absolute Gasteiger partial charge is 0.462 e. The van der Waals surface area contributed by atoms with Gasteiger partial charge in [-0.1, -0.05) is 25.5 Å². The zero-order valence-corrected chi connectivity index (χ0v) is 15.8. The van der Waals surface area contributed by atoms with Crippen molar-refractivity contribution in [3.05, 3.63) is 23.3 Å². The van der Waals surface area contributed by atoms with Gasteiger partial charge >= 0.3 is 11.9 Å². The van der Waals surface area contributed by atoms with E-state index in [-0.39, 0.29) is 43.4 Å². The van der Waals surface area contributed by atoms with Crippen molar-refractivity contribution in [2.24, 2.45) is 17.8 Å². The number of aliphatic hydroxyl groups excluding tert-OH is 2. The van der Waals surface area contributed by atoms with Gasteiger partial charge in [0, 0.05) is 13.0 Å². The van der Waals surface area contributed by atoms with Gasteiger partial charge in [-0.05, 0) is 37.3 Å². The molecule has 0 spiro atoms. The lowest BCUT2D eigenvalue weighted by Crippen LogP contribution is -2.36. The minimum Gasteiger partial charge on any atom is -0.462 e. The maximum Gasteiger partial charge on any atom is 0.309 e. The number of aliphatic hydroxyl groups is 2. The molecule has 6 nitrogen and oxygen atoms in total. The number of fused-ring (bicyclic) bond motifs is 1. The first-order chi connectivity index (χ1) is 12.3. The summed E-state index contributed by atoms with van der Waals surface area (Å²) >= 11 is 0. The number of hydrogen-bond acceptors (Lipinski definition) is 6. The van der Waals surface area contributed by atoms with E-state index in [0.29, 0.717) is 12.8 Å². The van der Waals surface area contributed by atoms with Crippen LogP contribution in [0.1, 0.15) is 46.5 Å². The molecule has 1 fully saturated rings. The monoisotopic (exact) mass is 366 g/mol. The van der Waals surface area contributed by atoms with Crippen molar-refractivity contribution in [1.29, 1.82) is 0 Å². The van der Waals surface area contributed by atoms with E-state index in [9.17, 15) is 14.7 Å². The lowest BCUT2D eigenvalue weighted by Gasteiger charge is -2.29. The third-order valence-corrected chi connectivity index (χ3v) is 5.20. The van der Waals surface area contributed by atoms with Crippen LogP contribution < -0.4 is 0 Å². The van der Waals surface area contributed by atoms with Crippen LogP contribution in [0.2, 0.25) is 0 Å². The van der Waals surface area contributed by atoms with Gasteiger partial charge < -0.3 is 19.7 Å². The smallest absolute Gasteiger partial charge is 0.309 e. The lowest BCUT2D eigenvalue weighted by atomic mass is 9.82. The van der Waals surface area contributed by atoms with Gasteiger partial charge in [0.2, 0.25) is 0 Å². The summed E-state index contributed by atoms with van der Waals surface area (Å²) in [6.07, 6.45) is 5.09. The first kappa shape index (κ1) is 20.6. The van der Waals surface area contributed by atoms with Crippen molar-refractivity contribution in [3.8, 4) is 0 Å². The number of carbonyl (C=O) groups excluding carboxylic acids is 2. The van der Waals surface area contributed by atoms with E-state index in [2.05, 4.69) is 6.08 Å². The Kier molecular flexibility index (Phi) is 7.41. The van der Waals surface area contributed by atoms with E-state index in [0.717, 1.165) is 17.6 Å². The molecule has 0 unspecified atom stereocenters. The van der Waals surface area contributed by atoms with Crippen molar-refractivity contribution in [2.45, 2.75) is 58.7 Å². The van der Waals surface area contributed by atoms with E-state index >= 15 is 0 Å². The average molecular weight is 366 g/mol. The second-order valence-corrected chi connectivity index (χ2v) is 7.56. The summed E-state index contributed by atoms with van der Waals surface area (Å²) in [5.74, 6) is -1.54. The van der Waals surface area contributed by atoms with Crippen LogP contribution in [0.25, 0.3) is 0 Å². The minimum absolute atomic E-state index is 0.0780. The molecule has 1 heterocycles. The molecule has 146 valence electrons. The molecule has 0 amide bonds. The lowest BCUT2D eigenvalue weighted by molar-refractivity contribution is -0.154. The molecule has 26 heavy (non-hydrogen) atoms. The highest BCUT2D eigenvalue weighted by Gasteiger charge is 2.47. The Morgan fingerprint density at radius 2 is 2.15 bits per heavy atom. The van der Waals surface area contributed by atoms with Crippen molar-refractivity contribution in [2.75, 3.05) is 13.2 Å². The highest BCUT2D eigenvalue weighted by atomic mass is 16.6. The molecule has 0 aromatic heterocycles. The van der Waals surface area contributed by atoms with Gasteiger partial charge in [0.05, 0.1) is 24.9 Å². The summed E-state index contributed by atoms with van der Waals surface area (Å²) < 4.78 is 11.3. The van der Waals surface area contributed by atoms with E-state index in [1.807, 2.05) is 13.0 Å². The molecule has 5 atom stereocenters. The number of esters is 2. The number of carbonyl (C=O) groups is 2. The van der Waals surface area contributed by atoms with E-state index < -0.39 is 18.1 Å². The molecular formula is C20H30O6. The van der Waals surface area contributed by atoms with Crippen LogP contribution in [-0.4, -0.2) is 47.6 Å². The van der Waals surface area contributed by atoms with Gasteiger partial charge in [-0.3, -0.25) is 9.59 Å². The molecule has 0 radical (unpaired) electrons. The number of hydrogen-bond donors (Lipinski definition) is 2. The normalized spacial score (nSPS) is 34.6. The topological polar surface area (TPSA) is 93.1 Å². The van der Waals surface area contributed by atoms with Crippen LogP contribution in [0.3, 0.4) is 0 Å². The van der Waals surface area contributed by atoms with Gasteiger partial charge in [0.15, 0.2) is 0 Å². The van der Waals surface area contributed by atoms with Crippen LogP contribution in [0, 0.1) is 17.8 Å². The van der Waals surface area contributed by atoms with Gasteiger partial charge in [-0.2, -0.15) is 0 Å². The third kappa shape index (κ3) is 5.17. The number of rotatable bonds is 5. The molecule has 1 saturated heterocycles. The SMILES string of the molecule is C/C1=C/CC/C(CO)=C\[C@H]2OC(=O)[C@@H](C)[C@@H]2[C@@H](OC(=O)C[C@@H](C)CO)C1. The maximum absolute atomic E-state index is 12.3. The van der Waals surface area contributed by atoms with Crippen LogP contribution in [0.15, 0.2) is 23.3 Å². The van der Waals surface area contributed by atoms with E-state index in [4.69, 9.17) is 14.6 Å². The fourth-order valence-electron chi connectivity index (χ4n) is 3.61. The van der Waals surface area contributed by atoms with Crippen LogP contribution >= 0.6 is 0 Å². The fourth-order valence-corrected chi connectivity index (χ4v) is 3.61. The van der Waals surface area contributed by atoms with Crippen molar-refractivity contribution in [1.82, 2.24) is 0 Å². The van der Waals surface area contributed by atoms with Crippen molar-refractivity contribution in [3.63, 3.8) is 0 Å². The highest BCUT2D eigenvalue weighted by molar-refractivity contribution is 5.76. The number of allylic oxidation sites excluding steroid dienone is 1. The molecule has 0 aromatic carbocycles. The highest BCUT2D eigenvalue weighted by Crippen LogP contribution is 2.37. The average Bonchev–Trinajstić information content (AvgIpc) is 2.86. The Morgan fingerprint density at radius 3 is 2.81 bits per heavy atom. The Morgan fingerprint density at radius 1 is 1.42 bits per heavy atom. The summed E-state index contributed by atoms with van der Waals surface area (Å²) in [4.78, 5) is 24.5. The maximum atomic E-state index is 12.3. The Labute approximate surface area is 154 Å². The Hall–Kier alpha value is -1.66.